The Labute approximate surface area is 171 Å². The zero-order valence-corrected chi connectivity index (χ0v) is 16.1. The van der Waals surface area contributed by atoms with Gasteiger partial charge in [-0.2, -0.15) is 26.3 Å². The summed E-state index contributed by atoms with van der Waals surface area (Å²) in [5.41, 5.74) is -1.57. The lowest BCUT2D eigenvalue weighted by atomic mass is 9.93. The van der Waals surface area contributed by atoms with Gasteiger partial charge in [-0.25, -0.2) is 15.0 Å². The number of halogens is 7. The number of benzene rings is 1. The maximum atomic E-state index is 13.9. The summed E-state index contributed by atoms with van der Waals surface area (Å²) in [5.74, 6) is -2.43. The molecule has 12 heteroatoms. The highest BCUT2D eigenvalue weighted by atomic mass is 35.5. The molecule has 0 saturated carbocycles. The lowest BCUT2D eigenvalue weighted by Gasteiger charge is -2.22. The molecule has 0 amide bonds. The summed E-state index contributed by atoms with van der Waals surface area (Å²) in [6.45, 7) is 0. The number of imidazole rings is 1. The van der Waals surface area contributed by atoms with Gasteiger partial charge in [0, 0.05) is 18.8 Å². The van der Waals surface area contributed by atoms with E-state index in [1.165, 1.54) is 26.3 Å². The largest absolute Gasteiger partial charge is 0.493 e. The number of hydrogen-bond acceptors (Lipinski definition) is 4. The van der Waals surface area contributed by atoms with Crippen LogP contribution in [-0.4, -0.2) is 32.8 Å². The molecule has 0 saturated heterocycles. The summed E-state index contributed by atoms with van der Waals surface area (Å²) in [6.07, 6.45) is -7.56. The third-order valence-electron chi connectivity index (χ3n) is 4.24. The Morgan fingerprint density at radius 1 is 1.03 bits per heavy atom. The third-order valence-corrected chi connectivity index (χ3v) is 4.43. The van der Waals surface area contributed by atoms with Crippen LogP contribution < -0.4 is 4.74 Å². The topological polar surface area (TPSA) is 52.8 Å². The van der Waals surface area contributed by atoms with Crippen LogP contribution in [-0.2, 0) is 13.2 Å². The highest BCUT2D eigenvalue weighted by Crippen LogP contribution is 2.43. The molecular formula is C18H13ClF6N4O. The molecule has 2 heterocycles. The maximum Gasteiger partial charge on any atom is 0.434 e. The van der Waals surface area contributed by atoms with Crippen LogP contribution >= 0.6 is 11.6 Å². The van der Waals surface area contributed by atoms with E-state index in [0.29, 0.717) is 0 Å². The fourth-order valence-corrected chi connectivity index (χ4v) is 3.06. The zero-order chi connectivity index (χ0) is 22.3. The summed E-state index contributed by atoms with van der Waals surface area (Å²) < 4.78 is 86.2. The minimum absolute atomic E-state index is 0.0416. The molecule has 1 unspecified atom stereocenters. The first-order chi connectivity index (χ1) is 13.9. The average Bonchev–Trinajstić information content (AvgIpc) is 3.04. The normalized spacial score (nSPS) is 13.4. The quantitative estimate of drug-likeness (QED) is 0.402. The van der Waals surface area contributed by atoms with Crippen molar-refractivity contribution < 1.29 is 31.1 Å². The SMILES string of the molecule is COc1cnc(Cl)nc1C(c1ccc(-c2nc(C(F)(F)F)cn2C)cc1)C(F)(F)F. The molecular weight excluding hydrogens is 438 g/mol. The number of aromatic nitrogens is 4. The summed E-state index contributed by atoms with van der Waals surface area (Å²) in [6, 6.07) is 4.80. The fraction of sp³-hybridized carbons (Fsp3) is 0.278. The Balaban J connectivity index is 2.05. The van der Waals surface area contributed by atoms with Crippen molar-refractivity contribution >= 4 is 11.6 Å². The molecule has 0 N–H and O–H groups in total. The number of methoxy groups -OCH3 is 1. The van der Waals surface area contributed by atoms with Gasteiger partial charge in [0.1, 0.15) is 17.4 Å². The fourth-order valence-electron chi connectivity index (χ4n) is 2.92. The van der Waals surface area contributed by atoms with Gasteiger partial charge in [0.05, 0.1) is 13.3 Å². The van der Waals surface area contributed by atoms with E-state index in [9.17, 15) is 26.3 Å². The van der Waals surface area contributed by atoms with Crippen LogP contribution in [0.3, 0.4) is 0 Å². The van der Waals surface area contributed by atoms with Crippen molar-refractivity contribution in [2.75, 3.05) is 7.11 Å². The first-order valence-electron chi connectivity index (χ1n) is 8.26. The van der Waals surface area contributed by atoms with Crippen molar-refractivity contribution in [3.63, 3.8) is 0 Å². The van der Waals surface area contributed by atoms with Crippen LogP contribution in [0.5, 0.6) is 5.75 Å². The Kier molecular flexibility index (Phi) is 5.68. The summed E-state index contributed by atoms with van der Waals surface area (Å²) in [7, 11) is 2.53. The van der Waals surface area contributed by atoms with Crippen molar-refractivity contribution in [2.45, 2.75) is 18.3 Å². The molecule has 0 aliphatic carbocycles. The molecule has 0 fully saturated rings. The predicted octanol–water partition coefficient (Wildman–Crippen LogP) is 5.25. The Hall–Kier alpha value is -2.82. The summed E-state index contributed by atoms with van der Waals surface area (Å²) in [4.78, 5) is 10.8. The number of hydrogen-bond donors (Lipinski definition) is 0. The van der Waals surface area contributed by atoms with Crippen molar-refractivity contribution in [3.8, 4) is 17.1 Å². The molecule has 1 aromatic carbocycles. The van der Waals surface area contributed by atoms with Crippen molar-refractivity contribution in [1.82, 2.24) is 19.5 Å². The van der Waals surface area contributed by atoms with E-state index < -0.39 is 29.7 Å². The van der Waals surface area contributed by atoms with Gasteiger partial charge in [-0.15, -0.1) is 0 Å². The van der Waals surface area contributed by atoms with Gasteiger partial charge in [0.2, 0.25) is 5.28 Å². The van der Waals surface area contributed by atoms with Gasteiger partial charge in [0.25, 0.3) is 0 Å². The monoisotopic (exact) mass is 450 g/mol. The number of aryl methyl sites for hydroxylation is 1. The zero-order valence-electron chi connectivity index (χ0n) is 15.4. The third kappa shape index (κ3) is 4.35. The molecule has 1 atom stereocenters. The van der Waals surface area contributed by atoms with Crippen LogP contribution in [0.2, 0.25) is 5.28 Å². The summed E-state index contributed by atoms with van der Waals surface area (Å²) >= 11 is 5.67. The molecule has 3 aromatic rings. The lowest BCUT2D eigenvalue weighted by Crippen LogP contribution is -2.24. The molecule has 160 valence electrons. The molecule has 0 spiro atoms. The number of alkyl halides is 6. The number of nitrogens with zero attached hydrogens (tertiary/aromatic N) is 4. The van der Waals surface area contributed by atoms with E-state index in [-0.39, 0.29) is 28.0 Å². The van der Waals surface area contributed by atoms with Gasteiger partial charge in [-0.3, -0.25) is 0 Å². The molecule has 0 aliphatic rings. The molecule has 0 aliphatic heterocycles. The van der Waals surface area contributed by atoms with Crippen LogP contribution in [0.25, 0.3) is 11.4 Å². The van der Waals surface area contributed by atoms with Gasteiger partial charge < -0.3 is 9.30 Å². The van der Waals surface area contributed by atoms with E-state index in [2.05, 4.69) is 15.0 Å². The number of rotatable bonds is 4. The second kappa shape index (κ2) is 7.78. The van der Waals surface area contributed by atoms with Crippen LogP contribution in [0.15, 0.2) is 36.7 Å². The predicted molar refractivity (Wildman–Crippen MR) is 95.1 cm³/mol. The highest BCUT2D eigenvalue weighted by Gasteiger charge is 2.45. The van der Waals surface area contributed by atoms with Crippen molar-refractivity contribution in [1.29, 1.82) is 0 Å². The second-order valence-corrected chi connectivity index (χ2v) is 6.59. The molecule has 5 nitrogen and oxygen atoms in total. The van der Waals surface area contributed by atoms with E-state index >= 15 is 0 Å². The standard InChI is InChI=1S/C18H13ClF6N4O/c1-29-8-12(17(20,21)22)27-15(29)10-5-3-9(4-6-10)13(18(23,24)25)14-11(30-2)7-26-16(19)28-14/h3-8,13H,1-2H3. The molecule has 3 rings (SSSR count). The van der Waals surface area contributed by atoms with Crippen LogP contribution in [0, 0.1) is 0 Å². The van der Waals surface area contributed by atoms with E-state index in [4.69, 9.17) is 16.3 Å². The minimum Gasteiger partial charge on any atom is -0.493 e. The Bertz CT molecular complexity index is 1050. The second-order valence-electron chi connectivity index (χ2n) is 6.25. The van der Waals surface area contributed by atoms with Gasteiger partial charge >= 0.3 is 12.4 Å². The molecule has 0 bridgehead atoms. The van der Waals surface area contributed by atoms with Crippen molar-refractivity contribution in [2.24, 2.45) is 7.05 Å². The summed E-state index contributed by atoms with van der Waals surface area (Å²) in [5, 5.41) is -0.385. The van der Waals surface area contributed by atoms with Gasteiger partial charge in [-0.1, -0.05) is 24.3 Å². The Morgan fingerprint density at radius 2 is 1.67 bits per heavy atom. The highest BCUT2D eigenvalue weighted by molar-refractivity contribution is 6.28. The first kappa shape index (κ1) is 21.9. The smallest absolute Gasteiger partial charge is 0.434 e. The van der Waals surface area contributed by atoms with Crippen molar-refractivity contribution in [3.05, 3.63) is 58.9 Å². The van der Waals surface area contributed by atoms with E-state index in [1.54, 1.807) is 0 Å². The minimum atomic E-state index is -4.75. The lowest BCUT2D eigenvalue weighted by molar-refractivity contribution is -0.142. The van der Waals surface area contributed by atoms with E-state index in [1.807, 2.05) is 0 Å². The van der Waals surface area contributed by atoms with Gasteiger partial charge in [0.15, 0.2) is 11.4 Å². The number of ether oxygens (including phenoxy) is 1. The van der Waals surface area contributed by atoms with Crippen LogP contribution in [0.1, 0.15) is 22.9 Å². The maximum absolute atomic E-state index is 13.9. The van der Waals surface area contributed by atoms with Gasteiger partial charge in [-0.05, 0) is 17.2 Å². The Morgan fingerprint density at radius 3 is 2.17 bits per heavy atom. The first-order valence-corrected chi connectivity index (χ1v) is 8.63. The van der Waals surface area contributed by atoms with E-state index in [0.717, 1.165) is 29.1 Å². The molecule has 2 aromatic heterocycles. The molecule has 30 heavy (non-hydrogen) atoms. The van der Waals surface area contributed by atoms with Crippen LogP contribution in [0.4, 0.5) is 26.3 Å². The average molecular weight is 451 g/mol. The molecule has 0 radical (unpaired) electrons.